The molecule has 0 fully saturated rings. The lowest BCUT2D eigenvalue weighted by Crippen LogP contribution is -2.52. The summed E-state index contributed by atoms with van der Waals surface area (Å²) in [6.45, 7) is 6.83. The highest BCUT2D eigenvalue weighted by Gasteiger charge is 2.31. The molecule has 192 valence electrons. The molecule has 10 heteroatoms. The van der Waals surface area contributed by atoms with Crippen LogP contribution in [0.1, 0.15) is 39.7 Å². The van der Waals surface area contributed by atoms with Crippen molar-refractivity contribution in [2.45, 2.75) is 52.7 Å². The number of carbonyl (C=O) groups excluding carboxylic acids is 2. The lowest BCUT2D eigenvalue weighted by molar-refractivity contribution is -0.139. The van der Waals surface area contributed by atoms with Crippen LogP contribution in [-0.2, 0) is 26.2 Å². The van der Waals surface area contributed by atoms with E-state index in [9.17, 15) is 22.4 Å². The fraction of sp³-hybridized carbons (Fsp3) is 0.440. The van der Waals surface area contributed by atoms with Gasteiger partial charge in [0, 0.05) is 18.2 Å². The van der Waals surface area contributed by atoms with E-state index in [1.54, 1.807) is 30.3 Å². The number of anilines is 1. The average Bonchev–Trinajstić information content (AvgIpc) is 2.81. The Labute approximate surface area is 207 Å². The molecule has 35 heavy (non-hydrogen) atoms. The molecule has 0 aliphatic carbocycles. The molecule has 2 aromatic rings. The minimum atomic E-state index is -3.85. The quantitative estimate of drug-likeness (QED) is 0.476. The van der Waals surface area contributed by atoms with Crippen LogP contribution >= 0.6 is 0 Å². The fourth-order valence-electron chi connectivity index (χ4n) is 3.35. The summed E-state index contributed by atoms with van der Waals surface area (Å²) in [5.41, 5.74) is 0.489. The Hall–Kier alpha value is -3.14. The van der Waals surface area contributed by atoms with E-state index >= 15 is 0 Å². The van der Waals surface area contributed by atoms with Gasteiger partial charge in [0.2, 0.25) is 21.8 Å². The van der Waals surface area contributed by atoms with Crippen molar-refractivity contribution in [1.82, 2.24) is 10.2 Å². The monoisotopic (exact) mass is 507 g/mol. The maximum absolute atomic E-state index is 14.4. The first-order chi connectivity index (χ1) is 16.5. The summed E-state index contributed by atoms with van der Waals surface area (Å²) >= 11 is 0. The summed E-state index contributed by atoms with van der Waals surface area (Å²) < 4.78 is 45.9. The lowest BCUT2D eigenvalue weighted by Gasteiger charge is -2.32. The third-order valence-corrected chi connectivity index (χ3v) is 6.72. The molecule has 0 heterocycles. The molecular formula is C25H34FN3O5S. The first-order valence-corrected chi connectivity index (χ1v) is 13.4. The number of nitrogens with one attached hydrogen (secondary N) is 1. The molecule has 1 N–H and O–H groups in total. The Morgan fingerprint density at radius 2 is 1.69 bits per heavy atom. The van der Waals surface area contributed by atoms with Crippen LogP contribution < -0.4 is 14.4 Å². The summed E-state index contributed by atoms with van der Waals surface area (Å²) in [5, 5.41) is 2.83. The van der Waals surface area contributed by atoms with Gasteiger partial charge >= 0.3 is 0 Å². The number of hydrogen-bond donors (Lipinski definition) is 1. The average molecular weight is 508 g/mol. The molecule has 2 aromatic carbocycles. The Morgan fingerprint density at radius 3 is 2.23 bits per heavy atom. The molecule has 0 radical (unpaired) electrons. The van der Waals surface area contributed by atoms with Crippen LogP contribution in [0.5, 0.6) is 5.75 Å². The number of ether oxygens (including phenoxy) is 1. The predicted octanol–water partition coefficient (Wildman–Crippen LogP) is 3.32. The number of halogens is 1. The molecule has 0 spiro atoms. The van der Waals surface area contributed by atoms with Crippen molar-refractivity contribution in [3.8, 4) is 5.75 Å². The van der Waals surface area contributed by atoms with Gasteiger partial charge < -0.3 is 15.0 Å². The highest BCUT2D eigenvalue weighted by atomic mass is 32.2. The van der Waals surface area contributed by atoms with E-state index in [1.807, 2.05) is 20.8 Å². The molecule has 8 nitrogen and oxygen atoms in total. The molecule has 0 saturated carbocycles. The van der Waals surface area contributed by atoms with Gasteiger partial charge in [-0.2, -0.15) is 0 Å². The molecular weight excluding hydrogens is 473 g/mol. The van der Waals surface area contributed by atoms with Gasteiger partial charge in [-0.3, -0.25) is 13.9 Å². The van der Waals surface area contributed by atoms with E-state index in [0.29, 0.717) is 18.8 Å². The summed E-state index contributed by atoms with van der Waals surface area (Å²) in [6.07, 6.45) is 1.69. The standard InChI is InChI=1S/C25H34FN3O5S/c1-6-18(3)27-25(31)19(4)28(16-20-10-8-9-11-23(20)26)24(30)17-29(35(5,32)33)21-12-14-22(15-13-21)34-7-2/h8-15,18-19H,6-7,16-17H2,1-5H3,(H,27,31)/t18-,19+/m1/s1. The van der Waals surface area contributed by atoms with E-state index in [-0.39, 0.29) is 23.8 Å². The molecule has 0 aliphatic rings. The van der Waals surface area contributed by atoms with Crippen molar-refractivity contribution < 1.29 is 27.1 Å². The van der Waals surface area contributed by atoms with Crippen LogP contribution in [-0.4, -0.2) is 56.6 Å². The van der Waals surface area contributed by atoms with Crippen molar-refractivity contribution >= 4 is 27.5 Å². The lowest BCUT2D eigenvalue weighted by atomic mass is 10.1. The number of amides is 2. The van der Waals surface area contributed by atoms with E-state index in [0.717, 1.165) is 10.6 Å². The number of carbonyl (C=O) groups is 2. The molecule has 2 atom stereocenters. The summed E-state index contributed by atoms with van der Waals surface area (Å²) in [7, 11) is -3.85. The van der Waals surface area contributed by atoms with Gasteiger partial charge in [0.25, 0.3) is 0 Å². The van der Waals surface area contributed by atoms with Crippen LogP contribution in [0.2, 0.25) is 0 Å². The molecule has 0 bridgehead atoms. The van der Waals surface area contributed by atoms with Crippen molar-refractivity contribution in [2.24, 2.45) is 0 Å². The highest BCUT2D eigenvalue weighted by Crippen LogP contribution is 2.23. The smallest absolute Gasteiger partial charge is 0.244 e. The van der Waals surface area contributed by atoms with E-state index < -0.39 is 40.2 Å². The second-order valence-corrected chi connectivity index (χ2v) is 10.2. The Morgan fingerprint density at radius 1 is 1.06 bits per heavy atom. The molecule has 2 amide bonds. The molecule has 0 saturated heterocycles. The molecule has 0 aromatic heterocycles. The minimum absolute atomic E-state index is 0.119. The zero-order chi connectivity index (χ0) is 26.2. The first kappa shape index (κ1) is 28.1. The van der Waals surface area contributed by atoms with E-state index in [4.69, 9.17) is 4.74 Å². The van der Waals surface area contributed by atoms with Crippen LogP contribution in [0, 0.1) is 5.82 Å². The number of sulfonamides is 1. The highest BCUT2D eigenvalue weighted by molar-refractivity contribution is 7.92. The van der Waals surface area contributed by atoms with E-state index in [1.165, 1.54) is 30.0 Å². The van der Waals surface area contributed by atoms with Gasteiger partial charge in [0.05, 0.1) is 18.6 Å². The second-order valence-electron chi connectivity index (χ2n) is 8.30. The van der Waals surface area contributed by atoms with Gasteiger partial charge in [-0.25, -0.2) is 12.8 Å². The zero-order valence-corrected chi connectivity index (χ0v) is 21.6. The van der Waals surface area contributed by atoms with Crippen molar-refractivity contribution in [3.05, 3.63) is 59.9 Å². The third-order valence-electron chi connectivity index (χ3n) is 5.58. The van der Waals surface area contributed by atoms with E-state index in [2.05, 4.69) is 5.32 Å². The Kier molecular flexibility index (Phi) is 10.1. The van der Waals surface area contributed by atoms with Gasteiger partial charge in [-0.1, -0.05) is 25.1 Å². The Balaban J connectivity index is 2.38. The normalized spacial score (nSPS) is 13.0. The minimum Gasteiger partial charge on any atom is -0.494 e. The Bertz CT molecular complexity index is 1110. The van der Waals surface area contributed by atoms with Crippen molar-refractivity contribution in [2.75, 3.05) is 23.7 Å². The number of benzene rings is 2. The van der Waals surface area contributed by atoms with Crippen molar-refractivity contribution in [3.63, 3.8) is 0 Å². The number of hydrogen-bond acceptors (Lipinski definition) is 5. The fourth-order valence-corrected chi connectivity index (χ4v) is 4.20. The van der Waals surface area contributed by atoms with Crippen LogP contribution in [0.25, 0.3) is 0 Å². The summed E-state index contributed by atoms with van der Waals surface area (Å²) in [5.74, 6) is -1.01. The number of nitrogens with zero attached hydrogens (tertiary/aromatic N) is 2. The van der Waals surface area contributed by atoms with Crippen molar-refractivity contribution in [1.29, 1.82) is 0 Å². The van der Waals surface area contributed by atoms with Gasteiger partial charge in [-0.15, -0.1) is 0 Å². The second kappa shape index (κ2) is 12.5. The number of rotatable bonds is 12. The topological polar surface area (TPSA) is 96.0 Å². The summed E-state index contributed by atoms with van der Waals surface area (Å²) in [4.78, 5) is 27.5. The maximum Gasteiger partial charge on any atom is 0.244 e. The first-order valence-electron chi connectivity index (χ1n) is 11.5. The predicted molar refractivity (Wildman–Crippen MR) is 134 cm³/mol. The molecule has 0 aliphatic heterocycles. The van der Waals surface area contributed by atoms with Gasteiger partial charge in [0.1, 0.15) is 24.2 Å². The molecule has 0 unspecified atom stereocenters. The summed E-state index contributed by atoms with van der Waals surface area (Å²) in [6, 6.07) is 11.2. The van der Waals surface area contributed by atoms with Crippen LogP contribution in [0.3, 0.4) is 0 Å². The zero-order valence-electron chi connectivity index (χ0n) is 20.8. The van der Waals surface area contributed by atoms with Gasteiger partial charge in [-0.05, 0) is 57.5 Å². The largest absolute Gasteiger partial charge is 0.494 e. The van der Waals surface area contributed by atoms with Crippen LogP contribution in [0.15, 0.2) is 48.5 Å². The molecule has 2 rings (SSSR count). The van der Waals surface area contributed by atoms with Gasteiger partial charge in [0.15, 0.2) is 0 Å². The third kappa shape index (κ3) is 7.95. The SMILES string of the molecule is CCOc1ccc(N(CC(=O)N(Cc2ccccc2F)[C@@H](C)C(=O)N[C@H](C)CC)S(C)(=O)=O)cc1. The maximum atomic E-state index is 14.4. The van der Waals surface area contributed by atoms with Crippen LogP contribution in [0.4, 0.5) is 10.1 Å².